The van der Waals surface area contributed by atoms with E-state index < -0.39 is 113 Å². The van der Waals surface area contributed by atoms with Crippen LogP contribution in [-0.2, 0) is 20.8 Å². The molecule has 2 saturated heterocycles. The summed E-state index contributed by atoms with van der Waals surface area (Å²) in [6.07, 6.45) is -16.3. The van der Waals surface area contributed by atoms with Crippen molar-refractivity contribution in [2.75, 3.05) is 20.7 Å². The van der Waals surface area contributed by atoms with E-state index in [0.717, 1.165) is 18.2 Å². The van der Waals surface area contributed by atoms with Gasteiger partial charge in [-0.3, -0.25) is 4.79 Å². The summed E-state index contributed by atoms with van der Waals surface area (Å²) in [6.45, 7) is 0.831. The number of rotatable bonds is 8. The number of benzene rings is 2. The van der Waals surface area contributed by atoms with Crippen LogP contribution in [0.3, 0.4) is 0 Å². The van der Waals surface area contributed by atoms with Crippen LogP contribution in [-0.4, -0.2) is 138 Å². The first-order chi connectivity index (χ1) is 22.1. The summed E-state index contributed by atoms with van der Waals surface area (Å²) in [5.41, 5.74) is -1.35. The maximum absolute atomic E-state index is 14.0. The fourth-order valence-corrected chi connectivity index (χ4v) is 5.39. The average molecular weight is 668 g/mol. The number of aromatic hydroxyl groups is 4. The van der Waals surface area contributed by atoms with Gasteiger partial charge in [-0.25, -0.2) is 0 Å². The third kappa shape index (κ3) is 6.55. The Balaban J connectivity index is 1.53. The Hall–Kier alpha value is -3.75. The van der Waals surface area contributed by atoms with Gasteiger partial charge in [0.15, 0.2) is 23.5 Å². The molecule has 3 aromatic rings. The molecule has 2 aliphatic heterocycles. The van der Waals surface area contributed by atoms with Crippen LogP contribution in [0.2, 0.25) is 0 Å². The third-order valence-corrected chi connectivity index (χ3v) is 8.05. The summed E-state index contributed by atoms with van der Waals surface area (Å²) in [7, 11) is 3.32. The van der Waals surface area contributed by atoms with Gasteiger partial charge in [0.2, 0.25) is 17.5 Å². The monoisotopic (exact) mass is 667 g/mol. The lowest BCUT2D eigenvalue weighted by Gasteiger charge is -2.42. The highest BCUT2D eigenvalue weighted by molar-refractivity contribution is 5.90. The summed E-state index contributed by atoms with van der Waals surface area (Å²) in [6, 6.07) is 4.47. The zero-order chi connectivity index (χ0) is 34.5. The smallest absolute Gasteiger partial charge is 0.239 e. The number of phenolic OH excluding ortho intramolecular Hbond substituents is 4. The number of aliphatic hydroxyl groups is 6. The van der Waals surface area contributed by atoms with Gasteiger partial charge in [-0.1, -0.05) is 0 Å². The van der Waals surface area contributed by atoms with E-state index in [4.69, 9.17) is 23.4 Å². The van der Waals surface area contributed by atoms with Crippen LogP contribution in [0.1, 0.15) is 12.5 Å². The van der Waals surface area contributed by atoms with Crippen molar-refractivity contribution in [2.24, 2.45) is 0 Å². The standard InChI is InChI=1S/C30H37NO16/c1-10-19(35)23(39)25(41)29(44-10)43-9-17-21(37)24(40)26(42)30(46-17)47-28-22(38)18-16(7-14(33)12(20(18)36)8-31(2)3)45-27(28)11-4-5-13(32)15(34)6-11/h4-7,10,17,19,21,23-26,29-30,32-37,39-42H,8-9H2,1-3H3/t10-,17+,19-,21+,23+,24-,25+,26+,29+,30-/m0/s1. The molecule has 5 rings (SSSR count). The molecular formula is C30H37NO16. The summed E-state index contributed by atoms with van der Waals surface area (Å²) in [4.78, 5) is 15.6. The summed E-state index contributed by atoms with van der Waals surface area (Å²) >= 11 is 0. The topological polar surface area (TPSA) is 273 Å². The predicted octanol–water partition coefficient (Wildman–Crippen LogP) is -1.63. The fourth-order valence-electron chi connectivity index (χ4n) is 5.39. The second-order valence-corrected chi connectivity index (χ2v) is 11.8. The number of nitrogens with zero attached hydrogens (tertiary/aromatic N) is 1. The van der Waals surface area contributed by atoms with Crippen molar-refractivity contribution in [3.8, 4) is 40.1 Å². The first-order valence-electron chi connectivity index (χ1n) is 14.5. The van der Waals surface area contributed by atoms with Crippen molar-refractivity contribution in [3.05, 3.63) is 40.1 Å². The second-order valence-electron chi connectivity index (χ2n) is 11.8. The number of hydrogen-bond acceptors (Lipinski definition) is 17. The van der Waals surface area contributed by atoms with Gasteiger partial charge in [-0.05, 0) is 39.2 Å². The first-order valence-corrected chi connectivity index (χ1v) is 14.5. The van der Waals surface area contributed by atoms with Gasteiger partial charge in [0.05, 0.1) is 18.3 Å². The number of phenols is 4. The first kappa shape index (κ1) is 34.6. The average Bonchev–Trinajstić information content (AvgIpc) is 3.02. The Kier molecular flexibility index (Phi) is 9.86. The van der Waals surface area contributed by atoms with Crippen LogP contribution in [0.25, 0.3) is 22.3 Å². The Morgan fingerprint density at radius 3 is 2.11 bits per heavy atom. The molecule has 0 unspecified atom stereocenters. The molecule has 2 aromatic carbocycles. The van der Waals surface area contributed by atoms with Crippen molar-refractivity contribution in [1.82, 2.24) is 4.90 Å². The Morgan fingerprint density at radius 2 is 1.45 bits per heavy atom. The lowest BCUT2D eigenvalue weighted by Crippen LogP contribution is -2.61. The molecule has 2 aliphatic rings. The molecule has 10 atom stereocenters. The van der Waals surface area contributed by atoms with Crippen molar-refractivity contribution in [1.29, 1.82) is 0 Å². The maximum atomic E-state index is 14.0. The molecule has 0 bridgehead atoms. The van der Waals surface area contributed by atoms with E-state index in [2.05, 4.69) is 0 Å². The molecule has 258 valence electrons. The summed E-state index contributed by atoms with van der Waals surface area (Å²) in [5, 5.41) is 104. The minimum absolute atomic E-state index is 0.0143. The predicted molar refractivity (Wildman–Crippen MR) is 158 cm³/mol. The molecule has 0 saturated carbocycles. The van der Waals surface area contributed by atoms with Crippen molar-refractivity contribution in [3.63, 3.8) is 0 Å². The molecule has 47 heavy (non-hydrogen) atoms. The number of aliphatic hydroxyl groups excluding tert-OH is 6. The molecule has 2 fully saturated rings. The maximum Gasteiger partial charge on any atom is 0.239 e. The zero-order valence-corrected chi connectivity index (χ0v) is 25.4. The minimum Gasteiger partial charge on any atom is -0.507 e. The van der Waals surface area contributed by atoms with Gasteiger partial charge in [-0.15, -0.1) is 0 Å². The van der Waals surface area contributed by atoms with Gasteiger partial charge in [0.25, 0.3) is 0 Å². The molecule has 17 heteroatoms. The second kappa shape index (κ2) is 13.4. The molecule has 0 aliphatic carbocycles. The van der Waals surface area contributed by atoms with Crippen molar-refractivity contribution in [2.45, 2.75) is 74.9 Å². The number of ether oxygens (including phenoxy) is 4. The van der Waals surface area contributed by atoms with Crippen LogP contribution < -0.4 is 10.2 Å². The molecule has 0 spiro atoms. The quantitative estimate of drug-likeness (QED) is 0.121. The lowest BCUT2D eigenvalue weighted by molar-refractivity contribution is -0.318. The minimum atomic E-state index is -1.98. The van der Waals surface area contributed by atoms with Crippen molar-refractivity contribution >= 4 is 11.0 Å². The SMILES string of the molecule is C[C@@H]1O[C@@H](OC[C@H]2O[C@@H](Oc3c(-c4ccc(O)c(O)c4)oc4cc(O)c(CN(C)C)c(O)c4c3=O)[C@H](O)[C@@H](O)[C@@H]2O)[C@H](O)[C@H](O)[C@H]1O. The van der Waals surface area contributed by atoms with E-state index in [-0.39, 0.29) is 23.3 Å². The van der Waals surface area contributed by atoms with E-state index in [1.54, 1.807) is 19.0 Å². The highest BCUT2D eigenvalue weighted by Gasteiger charge is 2.48. The fraction of sp³-hybridized carbons (Fsp3) is 0.500. The van der Waals surface area contributed by atoms with Crippen LogP contribution in [0.5, 0.6) is 28.7 Å². The van der Waals surface area contributed by atoms with E-state index in [9.17, 15) is 55.9 Å². The van der Waals surface area contributed by atoms with Gasteiger partial charge in [-0.2, -0.15) is 0 Å². The molecule has 17 nitrogen and oxygen atoms in total. The number of hydrogen-bond donors (Lipinski definition) is 10. The molecule has 1 aromatic heterocycles. The molecule has 10 N–H and O–H groups in total. The van der Waals surface area contributed by atoms with Gasteiger partial charge in [0.1, 0.15) is 65.2 Å². The third-order valence-electron chi connectivity index (χ3n) is 8.05. The van der Waals surface area contributed by atoms with Crippen LogP contribution in [0.4, 0.5) is 0 Å². The summed E-state index contributed by atoms with van der Waals surface area (Å²) in [5.74, 6) is -3.23. The lowest BCUT2D eigenvalue weighted by atomic mass is 9.98. The van der Waals surface area contributed by atoms with Crippen LogP contribution >= 0.6 is 0 Å². The van der Waals surface area contributed by atoms with Gasteiger partial charge < -0.3 is 79.3 Å². The van der Waals surface area contributed by atoms with Crippen LogP contribution in [0.15, 0.2) is 33.5 Å². The highest BCUT2D eigenvalue weighted by Crippen LogP contribution is 2.41. The van der Waals surface area contributed by atoms with Crippen LogP contribution in [0, 0.1) is 0 Å². The molecule has 3 heterocycles. The number of fused-ring (bicyclic) bond motifs is 1. The largest absolute Gasteiger partial charge is 0.507 e. The normalized spacial score (nSPS) is 31.4. The van der Waals surface area contributed by atoms with E-state index in [0.29, 0.717) is 0 Å². The van der Waals surface area contributed by atoms with Gasteiger partial charge >= 0.3 is 0 Å². The highest BCUT2D eigenvalue weighted by atomic mass is 16.7. The van der Waals surface area contributed by atoms with Gasteiger partial charge in [0, 0.05) is 18.2 Å². The molecule has 0 amide bonds. The van der Waals surface area contributed by atoms with E-state index in [1.807, 2.05) is 0 Å². The molecular weight excluding hydrogens is 630 g/mol. The summed E-state index contributed by atoms with van der Waals surface area (Å²) < 4.78 is 28.2. The van der Waals surface area contributed by atoms with E-state index >= 15 is 0 Å². The van der Waals surface area contributed by atoms with E-state index in [1.165, 1.54) is 13.0 Å². The Bertz CT molecular complexity index is 1660. The Morgan fingerprint density at radius 1 is 0.787 bits per heavy atom. The zero-order valence-electron chi connectivity index (χ0n) is 25.4. The molecule has 0 radical (unpaired) electrons. The van der Waals surface area contributed by atoms with Crippen molar-refractivity contribution < 1.29 is 74.4 Å². The Labute approximate surface area is 266 Å².